The van der Waals surface area contributed by atoms with E-state index >= 15 is 0 Å². The van der Waals surface area contributed by atoms with Crippen molar-refractivity contribution in [2.45, 2.75) is 18.2 Å². The monoisotopic (exact) mass is 248 g/mol. The number of hydrogen-bond acceptors (Lipinski definition) is 4. The maximum absolute atomic E-state index is 11.7. The molecule has 0 aliphatic carbocycles. The van der Waals surface area contributed by atoms with E-state index in [1.54, 1.807) is 30.8 Å². The van der Waals surface area contributed by atoms with Gasteiger partial charge in [0, 0.05) is 28.2 Å². The van der Waals surface area contributed by atoms with Gasteiger partial charge in [-0.2, -0.15) is 0 Å². The molecule has 0 saturated carbocycles. The van der Waals surface area contributed by atoms with Crippen LogP contribution in [0, 0.1) is 0 Å². The third-order valence-electron chi connectivity index (χ3n) is 2.40. The zero-order valence-electron chi connectivity index (χ0n) is 9.49. The predicted molar refractivity (Wildman–Crippen MR) is 66.6 cm³/mol. The van der Waals surface area contributed by atoms with Crippen LogP contribution < -0.4 is 4.74 Å². The number of ketones is 1. The average Bonchev–Trinajstić information content (AvgIpc) is 2.30. The van der Waals surface area contributed by atoms with E-state index in [-0.39, 0.29) is 5.78 Å². The highest BCUT2D eigenvalue weighted by molar-refractivity contribution is 7.99. The molecule has 0 N–H and O–H groups in total. The summed E-state index contributed by atoms with van der Waals surface area (Å²) in [4.78, 5) is 24.0. The summed E-state index contributed by atoms with van der Waals surface area (Å²) in [7, 11) is 0. The molecule has 1 aliphatic heterocycles. The molecule has 0 bridgehead atoms. The zero-order valence-corrected chi connectivity index (χ0v) is 10.3. The van der Waals surface area contributed by atoms with E-state index in [0.717, 1.165) is 10.6 Å². The van der Waals surface area contributed by atoms with E-state index in [4.69, 9.17) is 4.74 Å². The third kappa shape index (κ3) is 2.58. The van der Waals surface area contributed by atoms with E-state index in [9.17, 15) is 9.59 Å². The zero-order chi connectivity index (χ0) is 12.4. The first-order valence-corrected chi connectivity index (χ1v) is 6.24. The molecular formula is C13H12O3S. The molecule has 88 valence electrons. The minimum Gasteiger partial charge on any atom is -0.423 e. The highest BCUT2D eigenvalue weighted by atomic mass is 32.2. The molecular weight excluding hydrogens is 236 g/mol. The summed E-state index contributed by atoms with van der Waals surface area (Å²) in [5, 5.41) is 0. The molecule has 0 radical (unpaired) electrons. The number of benzene rings is 1. The van der Waals surface area contributed by atoms with Gasteiger partial charge in [0.25, 0.3) is 0 Å². The minimum atomic E-state index is -0.471. The van der Waals surface area contributed by atoms with Gasteiger partial charge < -0.3 is 4.74 Å². The second-order valence-electron chi connectivity index (χ2n) is 3.85. The Morgan fingerprint density at radius 2 is 2.24 bits per heavy atom. The Balaban J connectivity index is 2.26. The van der Waals surface area contributed by atoms with Crippen molar-refractivity contribution in [3.05, 3.63) is 35.9 Å². The van der Waals surface area contributed by atoms with Crippen LogP contribution in [0.1, 0.15) is 23.7 Å². The Bertz CT molecular complexity index is 505. The summed E-state index contributed by atoms with van der Waals surface area (Å²) in [6, 6.07) is 5.15. The van der Waals surface area contributed by atoms with Crippen molar-refractivity contribution in [2.75, 3.05) is 5.75 Å². The van der Waals surface area contributed by atoms with Crippen molar-refractivity contribution in [3.63, 3.8) is 0 Å². The molecule has 1 aromatic carbocycles. The number of ether oxygens (including phenoxy) is 1. The van der Waals surface area contributed by atoms with E-state index in [1.165, 1.54) is 0 Å². The molecule has 0 unspecified atom stereocenters. The fourth-order valence-corrected chi connectivity index (χ4v) is 2.50. The first kappa shape index (κ1) is 11.9. The molecule has 0 amide bonds. The topological polar surface area (TPSA) is 43.4 Å². The van der Waals surface area contributed by atoms with Crippen molar-refractivity contribution in [1.29, 1.82) is 0 Å². The van der Waals surface area contributed by atoms with Crippen LogP contribution in [-0.4, -0.2) is 17.5 Å². The van der Waals surface area contributed by atoms with Gasteiger partial charge in [-0.15, -0.1) is 11.8 Å². The SMILES string of the molecule is C=C(C)C(=O)Oc1ccc2c(c1)C(=O)CCS2. The van der Waals surface area contributed by atoms with Crippen LogP contribution in [-0.2, 0) is 4.79 Å². The van der Waals surface area contributed by atoms with Gasteiger partial charge in [0.15, 0.2) is 5.78 Å². The second-order valence-corrected chi connectivity index (χ2v) is 4.99. The van der Waals surface area contributed by atoms with Crippen LogP contribution in [0.5, 0.6) is 5.75 Å². The van der Waals surface area contributed by atoms with Crippen LogP contribution in [0.2, 0.25) is 0 Å². The van der Waals surface area contributed by atoms with Crippen molar-refractivity contribution in [3.8, 4) is 5.75 Å². The van der Waals surface area contributed by atoms with Crippen LogP contribution in [0.4, 0.5) is 0 Å². The number of thioether (sulfide) groups is 1. The highest BCUT2D eigenvalue weighted by Crippen LogP contribution is 2.32. The summed E-state index contributed by atoms with van der Waals surface area (Å²) < 4.78 is 5.09. The molecule has 1 heterocycles. The van der Waals surface area contributed by atoms with Crippen LogP contribution in [0.25, 0.3) is 0 Å². The Morgan fingerprint density at radius 1 is 1.47 bits per heavy atom. The van der Waals surface area contributed by atoms with E-state index in [1.807, 2.05) is 6.07 Å². The van der Waals surface area contributed by atoms with Gasteiger partial charge in [0.05, 0.1) is 0 Å². The lowest BCUT2D eigenvalue weighted by Crippen LogP contribution is -2.11. The number of carbonyl (C=O) groups is 2. The number of carbonyl (C=O) groups excluding carboxylic acids is 2. The summed E-state index contributed by atoms with van der Waals surface area (Å²) in [6.45, 7) is 5.09. The van der Waals surface area contributed by atoms with Gasteiger partial charge in [-0.25, -0.2) is 4.79 Å². The van der Waals surface area contributed by atoms with Gasteiger partial charge >= 0.3 is 5.97 Å². The lowest BCUT2D eigenvalue weighted by Gasteiger charge is -2.14. The maximum Gasteiger partial charge on any atom is 0.338 e. The number of hydrogen-bond donors (Lipinski definition) is 0. The Hall–Kier alpha value is -1.55. The summed E-state index contributed by atoms with van der Waals surface area (Å²) >= 11 is 1.65. The van der Waals surface area contributed by atoms with Gasteiger partial charge in [-0.1, -0.05) is 6.58 Å². The van der Waals surface area contributed by atoms with Gasteiger partial charge in [-0.05, 0) is 25.1 Å². The Kier molecular flexibility index (Phi) is 3.33. The summed E-state index contributed by atoms with van der Waals surface area (Å²) in [5.41, 5.74) is 0.983. The van der Waals surface area contributed by atoms with Gasteiger partial charge in [0.1, 0.15) is 5.75 Å². The molecule has 0 atom stereocenters. The fraction of sp³-hybridized carbons (Fsp3) is 0.231. The lowest BCUT2D eigenvalue weighted by atomic mass is 10.1. The molecule has 17 heavy (non-hydrogen) atoms. The minimum absolute atomic E-state index is 0.104. The van der Waals surface area contributed by atoms with Crippen LogP contribution in [0.3, 0.4) is 0 Å². The summed E-state index contributed by atoms with van der Waals surface area (Å²) in [6.07, 6.45) is 0.537. The number of esters is 1. The van der Waals surface area contributed by atoms with Crippen LogP contribution >= 0.6 is 11.8 Å². The normalized spacial score (nSPS) is 14.1. The first-order valence-electron chi connectivity index (χ1n) is 5.25. The standard InChI is InChI=1S/C13H12O3S/c1-8(2)13(15)16-9-3-4-12-10(7-9)11(14)5-6-17-12/h3-4,7H,1,5-6H2,2H3. The van der Waals surface area contributed by atoms with E-state index in [2.05, 4.69) is 6.58 Å². The van der Waals surface area contributed by atoms with Crippen molar-refractivity contribution in [1.82, 2.24) is 0 Å². The quantitative estimate of drug-likeness (QED) is 0.458. The molecule has 1 aliphatic rings. The average molecular weight is 248 g/mol. The number of rotatable bonds is 2. The van der Waals surface area contributed by atoms with E-state index in [0.29, 0.717) is 23.3 Å². The molecule has 0 aromatic heterocycles. The third-order valence-corrected chi connectivity index (χ3v) is 3.47. The van der Waals surface area contributed by atoms with Crippen molar-refractivity contribution >= 4 is 23.5 Å². The molecule has 2 rings (SSSR count). The molecule has 4 heteroatoms. The first-order chi connectivity index (χ1) is 8.08. The summed E-state index contributed by atoms with van der Waals surface area (Å²) in [5.74, 6) is 0.844. The number of Topliss-reactive ketones (excluding diaryl/α,β-unsaturated/α-hetero) is 1. The fourth-order valence-electron chi connectivity index (χ4n) is 1.50. The molecule has 0 saturated heterocycles. The number of fused-ring (bicyclic) bond motifs is 1. The van der Waals surface area contributed by atoms with Gasteiger partial charge in [0.2, 0.25) is 0 Å². The molecule has 1 aromatic rings. The molecule has 3 nitrogen and oxygen atoms in total. The maximum atomic E-state index is 11.7. The van der Waals surface area contributed by atoms with Crippen molar-refractivity contribution in [2.24, 2.45) is 0 Å². The van der Waals surface area contributed by atoms with E-state index < -0.39 is 5.97 Å². The Labute approximate surface area is 104 Å². The molecule has 0 spiro atoms. The Morgan fingerprint density at radius 3 is 2.94 bits per heavy atom. The lowest BCUT2D eigenvalue weighted by molar-refractivity contribution is -0.130. The van der Waals surface area contributed by atoms with Crippen molar-refractivity contribution < 1.29 is 14.3 Å². The highest BCUT2D eigenvalue weighted by Gasteiger charge is 2.18. The predicted octanol–water partition coefficient (Wildman–Crippen LogP) is 2.85. The smallest absolute Gasteiger partial charge is 0.338 e. The van der Waals surface area contributed by atoms with Crippen LogP contribution in [0.15, 0.2) is 35.2 Å². The van der Waals surface area contributed by atoms with Gasteiger partial charge in [-0.3, -0.25) is 4.79 Å². The molecule has 0 fully saturated rings. The second kappa shape index (κ2) is 4.75. The largest absolute Gasteiger partial charge is 0.423 e.